The van der Waals surface area contributed by atoms with Gasteiger partial charge in [-0.15, -0.1) is 11.8 Å². The van der Waals surface area contributed by atoms with Gasteiger partial charge in [0.1, 0.15) is 30.0 Å². The quantitative estimate of drug-likeness (QED) is 0.407. The lowest BCUT2D eigenvalue weighted by Gasteiger charge is -2.39. The zero-order chi connectivity index (χ0) is 22.4. The van der Waals surface area contributed by atoms with E-state index in [2.05, 4.69) is 64.1 Å². The second-order valence-corrected chi connectivity index (χ2v) is 8.81. The molecule has 1 aromatic heterocycles. The lowest BCUT2D eigenvalue weighted by Crippen LogP contribution is -2.32. The lowest BCUT2D eigenvalue weighted by molar-refractivity contribution is 0.223. The van der Waals surface area contributed by atoms with Crippen LogP contribution in [0.4, 0.5) is 5.95 Å². The molecule has 2 aliphatic rings. The number of anilines is 1. The Morgan fingerprint density at radius 2 is 1.73 bits per heavy atom. The van der Waals surface area contributed by atoms with Crippen LogP contribution in [0, 0.1) is 0 Å². The Bertz CT molecular complexity index is 1350. The molecule has 164 valence electrons. The number of hydrogen-bond acceptors (Lipinski definition) is 6. The van der Waals surface area contributed by atoms with Gasteiger partial charge >= 0.3 is 0 Å². The zero-order valence-corrected chi connectivity index (χ0v) is 19.0. The van der Waals surface area contributed by atoms with Crippen LogP contribution in [-0.4, -0.2) is 28.1 Å². The Kier molecular flexibility index (Phi) is 4.84. The first kappa shape index (κ1) is 19.9. The number of aromatic nitrogens is 3. The Hall–Kier alpha value is -3.71. The normalized spacial score (nSPS) is 18.5. The van der Waals surface area contributed by atoms with Crippen molar-refractivity contribution in [3.8, 4) is 11.5 Å². The second-order valence-electron chi connectivity index (χ2n) is 7.93. The van der Waals surface area contributed by atoms with Crippen LogP contribution in [0.5, 0.6) is 11.5 Å². The van der Waals surface area contributed by atoms with Crippen molar-refractivity contribution in [3.63, 3.8) is 0 Å². The summed E-state index contributed by atoms with van der Waals surface area (Å²) < 4.78 is 14.0. The average Bonchev–Trinajstić information content (AvgIpc) is 3.35. The van der Waals surface area contributed by atoms with Crippen LogP contribution in [0.3, 0.4) is 0 Å². The highest BCUT2D eigenvalue weighted by atomic mass is 32.2. The predicted octanol–water partition coefficient (Wildman–Crippen LogP) is 5.57. The number of nitrogens with zero attached hydrogens (tertiary/aromatic N) is 3. The Labute approximate surface area is 196 Å². The predicted molar refractivity (Wildman–Crippen MR) is 130 cm³/mol. The molecular weight excluding hydrogens is 432 g/mol. The molecule has 7 heteroatoms. The lowest BCUT2D eigenvalue weighted by atomic mass is 9.84. The van der Waals surface area contributed by atoms with Crippen LogP contribution >= 0.6 is 11.8 Å². The van der Waals surface area contributed by atoms with Gasteiger partial charge in [-0.3, -0.25) is 0 Å². The third kappa shape index (κ3) is 3.27. The van der Waals surface area contributed by atoms with Gasteiger partial charge in [-0.2, -0.15) is 10.1 Å². The molecule has 33 heavy (non-hydrogen) atoms. The van der Waals surface area contributed by atoms with E-state index in [9.17, 15) is 0 Å². The minimum atomic E-state index is -0.275. The summed E-state index contributed by atoms with van der Waals surface area (Å²) in [6.45, 7) is 0. The van der Waals surface area contributed by atoms with Crippen LogP contribution in [0.2, 0.25) is 0 Å². The molecule has 0 aliphatic carbocycles. The van der Waals surface area contributed by atoms with Crippen molar-refractivity contribution >= 4 is 23.4 Å². The molecule has 2 aliphatic heterocycles. The van der Waals surface area contributed by atoms with Gasteiger partial charge in [-0.25, -0.2) is 4.68 Å². The molecule has 0 fully saturated rings. The van der Waals surface area contributed by atoms with E-state index >= 15 is 0 Å². The highest BCUT2D eigenvalue weighted by molar-refractivity contribution is 7.98. The van der Waals surface area contributed by atoms with E-state index in [-0.39, 0.29) is 12.1 Å². The molecule has 0 spiro atoms. The molecular formula is C26H22N4O2S. The first-order chi connectivity index (χ1) is 16.3. The monoisotopic (exact) mass is 454 g/mol. The molecule has 0 radical (unpaired) electrons. The Morgan fingerprint density at radius 3 is 2.48 bits per heavy atom. The smallest absolute Gasteiger partial charge is 0.226 e. The van der Waals surface area contributed by atoms with Crippen LogP contribution in [-0.2, 0) is 0 Å². The summed E-state index contributed by atoms with van der Waals surface area (Å²) in [5.74, 6) is 2.38. The number of thioether (sulfide) groups is 1. The molecule has 1 N–H and O–H groups in total. The highest BCUT2D eigenvalue weighted by Gasteiger charge is 2.40. The number of methoxy groups -OCH3 is 1. The number of nitrogens with one attached hydrogen (secondary N) is 1. The Morgan fingerprint density at radius 1 is 0.970 bits per heavy atom. The molecule has 0 bridgehead atoms. The van der Waals surface area contributed by atoms with Crippen molar-refractivity contribution in [2.24, 2.45) is 0 Å². The maximum absolute atomic E-state index is 6.66. The molecule has 4 aromatic rings. The fraction of sp³-hybridized carbons (Fsp3) is 0.154. The molecule has 0 amide bonds. The van der Waals surface area contributed by atoms with E-state index in [1.165, 1.54) is 4.90 Å². The first-order valence-corrected chi connectivity index (χ1v) is 11.9. The van der Waals surface area contributed by atoms with Crippen molar-refractivity contribution in [3.05, 3.63) is 101 Å². The van der Waals surface area contributed by atoms with Gasteiger partial charge in [-0.1, -0.05) is 36.4 Å². The average molecular weight is 455 g/mol. The van der Waals surface area contributed by atoms with Crippen molar-refractivity contribution in [2.45, 2.75) is 17.0 Å². The van der Waals surface area contributed by atoms with Crippen molar-refractivity contribution < 1.29 is 9.47 Å². The van der Waals surface area contributed by atoms with Crippen LogP contribution in [0.25, 0.3) is 5.70 Å². The topological polar surface area (TPSA) is 61.2 Å². The molecule has 3 heterocycles. The van der Waals surface area contributed by atoms with Gasteiger partial charge in [0.25, 0.3) is 0 Å². The first-order valence-electron chi connectivity index (χ1n) is 10.7. The van der Waals surface area contributed by atoms with Crippen LogP contribution < -0.4 is 14.8 Å². The number of benzene rings is 3. The molecule has 0 saturated heterocycles. The zero-order valence-electron chi connectivity index (χ0n) is 18.2. The number of para-hydroxylation sites is 1. The fourth-order valence-corrected chi connectivity index (χ4v) is 4.99. The van der Waals surface area contributed by atoms with Gasteiger partial charge in [0.15, 0.2) is 0 Å². The maximum Gasteiger partial charge on any atom is 0.226 e. The third-order valence-corrected chi connectivity index (χ3v) is 6.92. The summed E-state index contributed by atoms with van der Waals surface area (Å²) >= 11 is 1.73. The second kappa shape index (κ2) is 8.01. The van der Waals surface area contributed by atoms with E-state index in [1.54, 1.807) is 25.2 Å². The van der Waals surface area contributed by atoms with E-state index in [0.29, 0.717) is 5.95 Å². The van der Waals surface area contributed by atoms with Gasteiger partial charge in [0, 0.05) is 16.0 Å². The van der Waals surface area contributed by atoms with E-state index in [0.717, 1.165) is 39.5 Å². The molecule has 0 unspecified atom stereocenters. The maximum atomic E-state index is 6.66. The van der Waals surface area contributed by atoms with Gasteiger partial charge in [0.05, 0.1) is 12.8 Å². The molecule has 0 saturated carbocycles. The molecule has 2 atom stereocenters. The molecule has 6 rings (SSSR count). The number of rotatable bonds is 4. The van der Waals surface area contributed by atoms with Crippen molar-refractivity contribution in [1.82, 2.24) is 14.8 Å². The summed E-state index contributed by atoms with van der Waals surface area (Å²) in [5, 5.41) is 8.12. The minimum absolute atomic E-state index is 0.178. The largest absolute Gasteiger partial charge is 0.497 e. The van der Waals surface area contributed by atoms with Crippen molar-refractivity contribution in [1.29, 1.82) is 0 Å². The van der Waals surface area contributed by atoms with Crippen LogP contribution in [0.1, 0.15) is 28.8 Å². The van der Waals surface area contributed by atoms with E-state index < -0.39 is 0 Å². The summed E-state index contributed by atoms with van der Waals surface area (Å²) in [4.78, 5) is 5.71. The van der Waals surface area contributed by atoms with Gasteiger partial charge in [-0.05, 0) is 53.8 Å². The number of fused-ring (bicyclic) bond motifs is 3. The third-order valence-electron chi connectivity index (χ3n) is 6.17. The van der Waals surface area contributed by atoms with Gasteiger partial charge in [0.2, 0.25) is 5.95 Å². The molecule has 3 aromatic carbocycles. The number of hydrogen-bond donors (Lipinski definition) is 1. The minimum Gasteiger partial charge on any atom is -0.497 e. The summed E-state index contributed by atoms with van der Waals surface area (Å²) in [6.07, 6.45) is 3.40. The number of ether oxygens (including phenoxy) is 2. The SMILES string of the molecule is COc1ccc([C@@H]2C3=C(Nc4ncnn42)c2ccccc2O[C@H]3c2ccc(SC)cc2)cc1. The summed E-state index contributed by atoms with van der Waals surface area (Å²) in [7, 11) is 1.68. The van der Waals surface area contributed by atoms with Crippen molar-refractivity contribution in [2.75, 3.05) is 18.7 Å². The Balaban J connectivity index is 1.58. The summed E-state index contributed by atoms with van der Waals surface area (Å²) in [5.41, 5.74) is 5.34. The standard InChI is InChI=1S/C26H22N4O2S/c1-31-18-11-7-16(8-12-18)24-22-23(29-26-27-15-28-30(24)26)20-5-3-4-6-21(20)32-25(22)17-9-13-19(33-2)14-10-17/h3-15,24-25H,1-2H3,(H,27,28,29)/t24-,25+/m1/s1. The van der Waals surface area contributed by atoms with Crippen LogP contribution in [0.15, 0.2) is 89.6 Å². The van der Waals surface area contributed by atoms with E-state index in [1.807, 2.05) is 35.0 Å². The van der Waals surface area contributed by atoms with E-state index in [4.69, 9.17) is 9.47 Å². The summed E-state index contributed by atoms with van der Waals surface area (Å²) in [6, 6.07) is 24.7. The highest BCUT2D eigenvalue weighted by Crippen LogP contribution is 2.50. The van der Waals surface area contributed by atoms with Gasteiger partial charge < -0.3 is 14.8 Å². The fourth-order valence-electron chi connectivity index (χ4n) is 4.58. The molecule has 6 nitrogen and oxygen atoms in total.